The summed E-state index contributed by atoms with van der Waals surface area (Å²) < 4.78 is 45.8. The lowest BCUT2D eigenvalue weighted by molar-refractivity contribution is -0.192. The maximum absolute atomic E-state index is 14.1. The third kappa shape index (κ3) is 9.91. The summed E-state index contributed by atoms with van der Waals surface area (Å²) >= 11 is 0. The number of rotatable bonds is 6. The van der Waals surface area contributed by atoms with Crippen LogP contribution >= 0.6 is 0 Å². The highest BCUT2D eigenvalue weighted by atomic mass is 19.4. The van der Waals surface area contributed by atoms with Crippen LogP contribution in [-0.2, 0) is 17.9 Å². The summed E-state index contributed by atoms with van der Waals surface area (Å²) in [7, 11) is 0. The smallest absolute Gasteiger partial charge is 0.478 e. The van der Waals surface area contributed by atoms with Gasteiger partial charge in [0.1, 0.15) is 5.82 Å². The number of aliphatic imine (C=N–C) groups is 1. The Balaban J connectivity index is 0.000000587. The minimum atomic E-state index is -5.08. The van der Waals surface area contributed by atoms with Gasteiger partial charge in [-0.3, -0.25) is 4.90 Å². The number of aryl methyl sites for hydroxylation is 1. The van der Waals surface area contributed by atoms with Crippen molar-refractivity contribution in [1.82, 2.24) is 9.80 Å². The van der Waals surface area contributed by atoms with Crippen LogP contribution in [0.15, 0.2) is 77.8 Å². The molecule has 3 aromatic rings. The predicted molar refractivity (Wildman–Crippen MR) is 146 cm³/mol. The van der Waals surface area contributed by atoms with Crippen molar-refractivity contribution in [2.45, 2.75) is 26.2 Å². The van der Waals surface area contributed by atoms with E-state index in [0.717, 1.165) is 43.4 Å². The average molecular weight is 575 g/mol. The molecular weight excluding hydrogens is 544 g/mol. The fourth-order valence-electron chi connectivity index (χ4n) is 3.89. The fraction of sp³-hybridized carbons (Fsp3) is 0.276. The Hall–Kier alpha value is -4.45. The zero-order valence-corrected chi connectivity index (χ0v) is 22.2. The predicted octanol–water partition coefficient (Wildman–Crippen LogP) is 5.25. The second-order valence-corrected chi connectivity index (χ2v) is 9.29. The lowest BCUT2D eigenvalue weighted by Gasteiger charge is -2.36. The number of hydrogen-bond acceptors (Lipinski definition) is 4. The van der Waals surface area contributed by atoms with Gasteiger partial charge in [-0.1, -0.05) is 48.0 Å². The molecule has 0 unspecified atom stereocenters. The third-order valence-electron chi connectivity index (χ3n) is 6.19. The number of guanidine groups is 1. The van der Waals surface area contributed by atoms with Gasteiger partial charge in [0.15, 0.2) is 5.96 Å². The van der Waals surface area contributed by atoms with Crippen LogP contribution in [0.4, 0.5) is 23.2 Å². The fourth-order valence-corrected chi connectivity index (χ4v) is 3.89. The van der Waals surface area contributed by atoms with Crippen molar-refractivity contribution in [3.05, 3.63) is 101 Å². The number of aromatic carboxylic acids is 1. The maximum atomic E-state index is 14.1. The van der Waals surface area contributed by atoms with Crippen LogP contribution in [0.25, 0.3) is 0 Å². The van der Waals surface area contributed by atoms with E-state index in [1.165, 1.54) is 11.6 Å². The Bertz CT molecular complexity index is 1340. The van der Waals surface area contributed by atoms with E-state index < -0.39 is 18.1 Å². The number of carbonyl (C=O) groups is 2. The molecular formula is C29H30F4N4O4. The topological polar surface area (TPSA) is 105 Å². The standard InChI is InChI=1S/C27H29FN4O2.C2HF3O2/c1-20-6-8-21(9-7-20)18-29-27(30-24-12-10-22(11-13-24)26(33)34)32-16-14-31(15-17-32)19-23-4-2-3-5-25(23)28;3-2(4,5)1(6)7/h2-13H,14-19H2,1H3,(H,29,30)(H,33,34);(H,6,7). The van der Waals surface area contributed by atoms with Crippen molar-refractivity contribution >= 4 is 23.6 Å². The molecule has 1 heterocycles. The number of nitrogens with one attached hydrogen (secondary N) is 1. The van der Waals surface area contributed by atoms with E-state index in [1.807, 2.05) is 12.1 Å². The highest BCUT2D eigenvalue weighted by molar-refractivity contribution is 5.94. The van der Waals surface area contributed by atoms with Gasteiger partial charge in [-0.05, 0) is 42.8 Å². The van der Waals surface area contributed by atoms with Crippen LogP contribution in [0.2, 0.25) is 0 Å². The molecule has 0 amide bonds. The van der Waals surface area contributed by atoms with Crippen molar-refractivity contribution in [3.63, 3.8) is 0 Å². The van der Waals surface area contributed by atoms with Gasteiger partial charge in [0, 0.05) is 44.0 Å². The van der Waals surface area contributed by atoms with Crippen LogP contribution < -0.4 is 5.32 Å². The number of benzene rings is 3. The molecule has 0 spiro atoms. The second kappa shape index (κ2) is 14.3. The second-order valence-electron chi connectivity index (χ2n) is 9.29. The van der Waals surface area contributed by atoms with Crippen LogP contribution in [0.5, 0.6) is 0 Å². The number of piperazine rings is 1. The van der Waals surface area contributed by atoms with Crippen LogP contribution in [-0.4, -0.2) is 70.3 Å². The molecule has 41 heavy (non-hydrogen) atoms. The minimum absolute atomic E-state index is 0.170. The number of aliphatic carboxylic acids is 1. The van der Waals surface area contributed by atoms with Gasteiger partial charge in [-0.2, -0.15) is 13.2 Å². The molecule has 0 atom stereocenters. The summed E-state index contributed by atoms with van der Waals surface area (Å²) in [6.07, 6.45) is -5.08. The molecule has 218 valence electrons. The Labute approximate surface area is 234 Å². The van der Waals surface area contributed by atoms with Crippen molar-refractivity contribution < 1.29 is 37.4 Å². The lowest BCUT2D eigenvalue weighted by atomic mass is 10.1. The number of carboxylic acid groups (broad SMARTS) is 2. The Morgan fingerprint density at radius 1 is 0.902 bits per heavy atom. The summed E-state index contributed by atoms with van der Waals surface area (Å²) in [6, 6.07) is 21.9. The molecule has 4 rings (SSSR count). The lowest BCUT2D eigenvalue weighted by Crippen LogP contribution is -2.50. The van der Waals surface area contributed by atoms with Gasteiger partial charge in [0.2, 0.25) is 0 Å². The quantitative estimate of drug-likeness (QED) is 0.210. The first-order valence-corrected chi connectivity index (χ1v) is 12.6. The van der Waals surface area contributed by atoms with Gasteiger partial charge in [0.05, 0.1) is 12.1 Å². The molecule has 0 radical (unpaired) electrons. The highest BCUT2D eigenvalue weighted by Gasteiger charge is 2.38. The molecule has 1 saturated heterocycles. The third-order valence-corrected chi connectivity index (χ3v) is 6.19. The van der Waals surface area contributed by atoms with Crippen molar-refractivity contribution in [3.8, 4) is 0 Å². The molecule has 0 saturated carbocycles. The van der Waals surface area contributed by atoms with Gasteiger partial charge in [0.25, 0.3) is 0 Å². The zero-order chi connectivity index (χ0) is 30.0. The molecule has 1 aliphatic rings. The van der Waals surface area contributed by atoms with E-state index in [-0.39, 0.29) is 11.4 Å². The van der Waals surface area contributed by atoms with Crippen molar-refractivity contribution in [2.24, 2.45) is 4.99 Å². The molecule has 8 nitrogen and oxygen atoms in total. The van der Waals surface area contributed by atoms with Crippen molar-refractivity contribution in [1.29, 1.82) is 0 Å². The first-order valence-electron chi connectivity index (χ1n) is 12.6. The van der Waals surface area contributed by atoms with E-state index in [9.17, 15) is 22.4 Å². The van der Waals surface area contributed by atoms with Gasteiger partial charge < -0.3 is 20.4 Å². The molecule has 3 N–H and O–H groups in total. The van der Waals surface area contributed by atoms with E-state index >= 15 is 0 Å². The Kier molecular flexibility index (Phi) is 10.8. The van der Waals surface area contributed by atoms with Gasteiger partial charge in [-0.15, -0.1) is 0 Å². The monoisotopic (exact) mass is 574 g/mol. The highest BCUT2D eigenvalue weighted by Crippen LogP contribution is 2.16. The summed E-state index contributed by atoms with van der Waals surface area (Å²) in [5, 5.41) is 19.7. The molecule has 0 bridgehead atoms. The SMILES string of the molecule is Cc1ccc(CN=C(Nc2ccc(C(=O)O)cc2)N2CCN(Cc3ccccc3F)CC2)cc1.O=C(O)C(F)(F)F. The van der Waals surface area contributed by atoms with Crippen molar-refractivity contribution in [2.75, 3.05) is 31.5 Å². The summed E-state index contributed by atoms with van der Waals surface area (Å²) in [5.74, 6) is -3.13. The maximum Gasteiger partial charge on any atom is 0.490 e. The number of hydrogen-bond donors (Lipinski definition) is 3. The minimum Gasteiger partial charge on any atom is -0.478 e. The van der Waals surface area contributed by atoms with Crippen LogP contribution in [0.3, 0.4) is 0 Å². The number of anilines is 1. The van der Waals surface area contributed by atoms with Gasteiger partial charge >= 0.3 is 18.1 Å². The first-order chi connectivity index (χ1) is 19.4. The molecule has 0 aromatic heterocycles. The number of nitrogens with zero attached hydrogens (tertiary/aromatic N) is 3. The molecule has 12 heteroatoms. The average Bonchev–Trinajstić information content (AvgIpc) is 2.94. The number of carboxylic acids is 2. The van der Waals surface area contributed by atoms with Gasteiger partial charge in [-0.25, -0.2) is 19.0 Å². The molecule has 0 aliphatic carbocycles. The van der Waals surface area contributed by atoms with E-state index in [2.05, 4.69) is 46.3 Å². The van der Waals surface area contributed by atoms with E-state index in [1.54, 1.807) is 30.3 Å². The van der Waals surface area contributed by atoms with E-state index in [4.69, 9.17) is 20.0 Å². The normalized spacial score (nSPS) is 14.2. The number of alkyl halides is 3. The zero-order valence-electron chi connectivity index (χ0n) is 22.2. The first kappa shape index (κ1) is 31.1. The largest absolute Gasteiger partial charge is 0.490 e. The molecule has 1 fully saturated rings. The van der Waals surface area contributed by atoms with Crippen LogP contribution in [0.1, 0.15) is 27.0 Å². The summed E-state index contributed by atoms with van der Waals surface area (Å²) in [5.41, 5.74) is 4.05. The molecule has 3 aromatic carbocycles. The summed E-state index contributed by atoms with van der Waals surface area (Å²) in [4.78, 5) is 29.4. The Morgan fingerprint density at radius 3 is 2.02 bits per heavy atom. The Morgan fingerprint density at radius 2 is 1.49 bits per heavy atom. The molecule has 1 aliphatic heterocycles. The van der Waals surface area contributed by atoms with Crippen LogP contribution in [0, 0.1) is 12.7 Å². The summed E-state index contributed by atoms with van der Waals surface area (Å²) in [6.45, 7) is 6.26. The number of halogens is 4. The van der Waals surface area contributed by atoms with E-state index in [0.29, 0.717) is 18.7 Å².